The van der Waals surface area contributed by atoms with Crippen LogP contribution >= 0.6 is 0 Å². The van der Waals surface area contributed by atoms with Crippen LogP contribution in [0.4, 0.5) is 0 Å². The third kappa shape index (κ3) is 52.1. The fourth-order valence-electron chi connectivity index (χ4n) is 8.02. The summed E-state index contributed by atoms with van der Waals surface area (Å²) in [5.74, 6) is -0.885. The Bertz CT molecular complexity index is 1200. The van der Waals surface area contributed by atoms with E-state index in [-0.39, 0.29) is 31.1 Å². The Morgan fingerprint density at radius 3 is 0.955 bits per heavy atom. The van der Waals surface area contributed by atoms with Gasteiger partial charge in [-0.3, -0.25) is 14.4 Å². The SMILES string of the molecule is CC/C=C\C/C=C\C/C=C\CCCCCCCCCC(=O)OCC(COC(=O)CCCCCCCCCCCCCCCC)OC(=O)CCCCCCCCC/C=C\C/C=C\CCCCC. The highest BCUT2D eigenvalue weighted by Gasteiger charge is 2.19. The van der Waals surface area contributed by atoms with Gasteiger partial charge in [0, 0.05) is 19.3 Å². The third-order valence-corrected chi connectivity index (χ3v) is 12.3. The van der Waals surface area contributed by atoms with Gasteiger partial charge in [-0.1, -0.05) is 242 Å². The van der Waals surface area contributed by atoms with Gasteiger partial charge in [0.25, 0.3) is 0 Å². The van der Waals surface area contributed by atoms with E-state index in [4.69, 9.17) is 14.2 Å². The minimum Gasteiger partial charge on any atom is -0.462 e. The summed E-state index contributed by atoms with van der Waals surface area (Å²) in [7, 11) is 0. The smallest absolute Gasteiger partial charge is 0.306 e. The Balaban J connectivity index is 4.39. The molecular formula is C60H106O6. The molecule has 0 aromatic carbocycles. The monoisotopic (exact) mass is 923 g/mol. The van der Waals surface area contributed by atoms with Crippen molar-refractivity contribution in [1.82, 2.24) is 0 Å². The minimum absolute atomic E-state index is 0.0782. The van der Waals surface area contributed by atoms with Crippen molar-refractivity contribution in [3.8, 4) is 0 Å². The molecule has 0 saturated heterocycles. The molecule has 1 atom stereocenters. The topological polar surface area (TPSA) is 78.9 Å². The first-order valence-corrected chi connectivity index (χ1v) is 28.3. The zero-order valence-electron chi connectivity index (χ0n) is 43.7. The number of esters is 3. The summed E-state index contributed by atoms with van der Waals surface area (Å²) in [6.07, 6.45) is 67.7. The quantitative estimate of drug-likeness (QED) is 0.0262. The zero-order chi connectivity index (χ0) is 47.9. The van der Waals surface area contributed by atoms with E-state index < -0.39 is 6.10 Å². The number of rotatable bonds is 51. The molecule has 0 fully saturated rings. The number of carbonyl (C=O) groups is 3. The second-order valence-electron chi connectivity index (χ2n) is 18.8. The van der Waals surface area contributed by atoms with Gasteiger partial charge in [-0.05, 0) is 83.5 Å². The van der Waals surface area contributed by atoms with Crippen LogP contribution in [0.1, 0.15) is 284 Å². The van der Waals surface area contributed by atoms with Crippen molar-refractivity contribution in [3.05, 3.63) is 60.8 Å². The summed E-state index contributed by atoms with van der Waals surface area (Å²) >= 11 is 0. The second kappa shape index (κ2) is 54.7. The van der Waals surface area contributed by atoms with Crippen LogP contribution in [0.5, 0.6) is 0 Å². The normalized spacial score (nSPS) is 12.5. The number of ether oxygens (including phenoxy) is 3. The highest BCUT2D eigenvalue weighted by Crippen LogP contribution is 2.16. The molecule has 0 aliphatic rings. The van der Waals surface area contributed by atoms with Crippen molar-refractivity contribution in [1.29, 1.82) is 0 Å². The molecule has 6 nitrogen and oxygen atoms in total. The number of carbonyl (C=O) groups excluding carboxylic acids is 3. The first kappa shape index (κ1) is 63.1. The van der Waals surface area contributed by atoms with Gasteiger partial charge >= 0.3 is 17.9 Å². The highest BCUT2D eigenvalue weighted by molar-refractivity contribution is 5.71. The van der Waals surface area contributed by atoms with E-state index >= 15 is 0 Å². The fraction of sp³-hybridized carbons (Fsp3) is 0.783. The molecule has 0 aromatic heterocycles. The lowest BCUT2D eigenvalue weighted by Gasteiger charge is -2.18. The summed E-state index contributed by atoms with van der Waals surface area (Å²) in [5.41, 5.74) is 0. The summed E-state index contributed by atoms with van der Waals surface area (Å²) in [6, 6.07) is 0. The first-order chi connectivity index (χ1) is 32.5. The standard InChI is InChI=1S/C60H106O6/c1-4-7-10-13-16-19-22-25-28-30-32-35-38-41-44-47-50-53-59(62)65-56-57(55-64-58(61)52-49-46-43-40-37-34-27-24-21-18-15-12-9-6-3)66-60(63)54-51-48-45-42-39-36-33-31-29-26-23-20-17-14-11-8-5-2/h7,10,16-17,19-20,25-26,28-29,57H,4-6,8-9,11-15,18,21-24,27,30-56H2,1-3H3/b10-7-,19-16-,20-17-,28-25-,29-26-. The molecule has 0 aliphatic carbocycles. The lowest BCUT2D eigenvalue weighted by molar-refractivity contribution is -0.167. The summed E-state index contributed by atoms with van der Waals surface area (Å²) < 4.78 is 16.9. The molecule has 0 amide bonds. The maximum atomic E-state index is 12.8. The predicted molar refractivity (Wildman–Crippen MR) is 284 cm³/mol. The van der Waals surface area contributed by atoms with Gasteiger partial charge in [-0.15, -0.1) is 0 Å². The molecular weight excluding hydrogens is 817 g/mol. The van der Waals surface area contributed by atoms with Crippen molar-refractivity contribution >= 4 is 17.9 Å². The number of allylic oxidation sites excluding steroid dienone is 10. The van der Waals surface area contributed by atoms with Crippen LogP contribution in [-0.4, -0.2) is 37.2 Å². The second-order valence-corrected chi connectivity index (χ2v) is 18.8. The number of unbranched alkanes of at least 4 members (excludes halogenated alkanes) is 30. The van der Waals surface area contributed by atoms with E-state index in [0.717, 1.165) is 96.3 Å². The molecule has 0 aromatic rings. The van der Waals surface area contributed by atoms with Gasteiger partial charge < -0.3 is 14.2 Å². The van der Waals surface area contributed by atoms with Gasteiger partial charge in [0.2, 0.25) is 0 Å². The van der Waals surface area contributed by atoms with Crippen molar-refractivity contribution in [2.24, 2.45) is 0 Å². The lowest BCUT2D eigenvalue weighted by Crippen LogP contribution is -2.30. The molecule has 0 bridgehead atoms. The van der Waals surface area contributed by atoms with Gasteiger partial charge in [-0.25, -0.2) is 0 Å². The summed E-state index contributed by atoms with van der Waals surface area (Å²) in [4.78, 5) is 38.1. The molecule has 6 heteroatoms. The maximum Gasteiger partial charge on any atom is 0.306 e. The van der Waals surface area contributed by atoms with Crippen LogP contribution in [-0.2, 0) is 28.6 Å². The third-order valence-electron chi connectivity index (χ3n) is 12.3. The van der Waals surface area contributed by atoms with Crippen LogP contribution in [0.3, 0.4) is 0 Å². The van der Waals surface area contributed by atoms with Crippen LogP contribution in [0, 0.1) is 0 Å². The summed E-state index contributed by atoms with van der Waals surface area (Å²) in [5, 5.41) is 0. The molecule has 0 spiro atoms. The lowest BCUT2D eigenvalue weighted by atomic mass is 10.0. The van der Waals surface area contributed by atoms with E-state index in [1.165, 1.54) is 148 Å². The number of hydrogen-bond acceptors (Lipinski definition) is 6. The zero-order valence-corrected chi connectivity index (χ0v) is 43.7. The first-order valence-electron chi connectivity index (χ1n) is 28.3. The van der Waals surface area contributed by atoms with Crippen molar-refractivity contribution in [3.63, 3.8) is 0 Å². The Morgan fingerprint density at radius 2 is 0.591 bits per heavy atom. The largest absolute Gasteiger partial charge is 0.462 e. The van der Waals surface area contributed by atoms with Crippen LogP contribution < -0.4 is 0 Å². The van der Waals surface area contributed by atoms with E-state index in [2.05, 4.69) is 81.5 Å². The van der Waals surface area contributed by atoms with E-state index in [0.29, 0.717) is 19.3 Å². The Morgan fingerprint density at radius 1 is 0.318 bits per heavy atom. The fourth-order valence-corrected chi connectivity index (χ4v) is 8.02. The van der Waals surface area contributed by atoms with E-state index in [9.17, 15) is 14.4 Å². The molecule has 0 N–H and O–H groups in total. The van der Waals surface area contributed by atoms with Gasteiger partial charge in [0.1, 0.15) is 13.2 Å². The molecule has 0 heterocycles. The Hall–Kier alpha value is -2.89. The average Bonchev–Trinajstić information content (AvgIpc) is 3.31. The van der Waals surface area contributed by atoms with Gasteiger partial charge in [0.05, 0.1) is 0 Å². The van der Waals surface area contributed by atoms with Crippen molar-refractivity contribution in [2.75, 3.05) is 13.2 Å². The Kier molecular flexibility index (Phi) is 52.3. The van der Waals surface area contributed by atoms with Crippen molar-refractivity contribution in [2.45, 2.75) is 290 Å². The predicted octanol–water partition coefficient (Wildman–Crippen LogP) is 18.8. The highest BCUT2D eigenvalue weighted by atomic mass is 16.6. The molecule has 1 unspecified atom stereocenters. The summed E-state index contributed by atoms with van der Waals surface area (Å²) in [6.45, 7) is 6.51. The molecule has 382 valence electrons. The minimum atomic E-state index is -0.781. The molecule has 0 radical (unpaired) electrons. The van der Waals surface area contributed by atoms with Gasteiger partial charge in [-0.2, -0.15) is 0 Å². The molecule has 66 heavy (non-hydrogen) atoms. The van der Waals surface area contributed by atoms with E-state index in [1.54, 1.807) is 0 Å². The molecule has 0 saturated carbocycles. The molecule has 0 rings (SSSR count). The van der Waals surface area contributed by atoms with Gasteiger partial charge in [0.15, 0.2) is 6.10 Å². The maximum absolute atomic E-state index is 12.8. The van der Waals surface area contributed by atoms with Crippen molar-refractivity contribution < 1.29 is 28.6 Å². The average molecular weight is 924 g/mol. The molecule has 0 aliphatic heterocycles. The number of hydrogen-bond donors (Lipinski definition) is 0. The van der Waals surface area contributed by atoms with Crippen LogP contribution in [0.15, 0.2) is 60.8 Å². The van der Waals surface area contributed by atoms with E-state index in [1.807, 2.05) is 0 Å². The van der Waals surface area contributed by atoms with Crippen LogP contribution in [0.2, 0.25) is 0 Å². The Labute approximate surface area is 409 Å². The van der Waals surface area contributed by atoms with Crippen LogP contribution in [0.25, 0.3) is 0 Å².